The molecule has 0 spiro atoms. The van der Waals surface area contributed by atoms with E-state index in [2.05, 4.69) is 5.32 Å². The third-order valence-corrected chi connectivity index (χ3v) is 4.47. The fraction of sp³-hybridized carbons (Fsp3) is 0.588. The molecule has 0 aliphatic carbocycles. The van der Waals surface area contributed by atoms with E-state index in [1.807, 2.05) is 18.2 Å². The van der Waals surface area contributed by atoms with Crippen molar-refractivity contribution in [1.82, 2.24) is 5.32 Å². The summed E-state index contributed by atoms with van der Waals surface area (Å²) in [4.78, 5) is 12.5. The van der Waals surface area contributed by atoms with Gasteiger partial charge in [-0.3, -0.25) is 4.79 Å². The monoisotopic (exact) mass is 322 g/mol. The fourth-order valence-electron chi connectivity index (χ4n) is 2.83. The molecule has 1 saturated heterocycles. The summed E-state index contributed by atoms with van der Waals surface area (Å²) in [6, 6.07) is 5.77. The highest BCUT2D eigenvalue weighted by atomic mass is 16.5. The van der Waals surface area contributed by atoms with E-state index in [4.69, 9.17) is 19.9 Å². The normalized spacial score (nSPS) is 16.7. The van der Waals surface area contributed by atoms with Crippen molar-refractivity contribution in [3.05, 3.63) is 23.8 Å². The molecular weight excluding hydrogens is 296 g/mol. The lowest BCUT2D eigenvalue weighted by molar-refractivity contribution is -0.135. The lowest BCUT2D eigenvalue weighted by Crippen LogP contribution is -2.49. The Labute approximate surface area is 137 Å². The highest BCUT2D eigenvalue weighted by Crippen LogP contribution is 2.30. The molecule has 1 aliphatic heterocycles. The molecule has 0 unspecified atom stereocenters. The third kappa shape index (κ3) is 4.14. The van der Waals surface area contributed by atoms with Crippen LogP contribution in [0, 0.1) is 5.41 Å². The largest absolute Gasteiger partial charge is 0.493 e. The molecule has 1 heterocycles. The molecule has 1 aromatic rings. The van der Waals surface area contributed by atoms with Gasteiger partial charge in [0.05, 0.1) is 19.6 Å². The topological polar surface area (TPSA) is 82.8 Å². The number of amides is 1. The van der Waals surface area contributed by atoms with Crippen molar-refractivity contribution in [3.8, 4) is 11.5 Å². The second-order valence-corrected chi connectivity index (χ2v) is 5.79. The van der Waals surface area contributed by atoms with Crippen molar-refractivity contribution in [2.45, 2.75) is 19.3 Å². The van der Waals surface area contributed by atoms with Gasteiger partial charge in [-0.2, -0.15) is 0 Å². The van der Waals surface area contributed by atoms with Gasteiger partial charge in [0.1, 0.15) is 0 Å². The Bertz CT molecular complexity index is 527. The van der Waals surface area contributed by atoms with Crippen molar-refractivity contribution < 1.29 is 19.0 Å². The maximum Gasteiger partial charge on any atom is 0.227 e. The van der Waals surface area contributed by atoms with Crippen LogP contribution in [-0.2, 0) is 16.0 Å². The van der Waals surface area contributed by atoms with Crippen LogP contribution in [0.4, 0.5) is 0 Å². The van der Waals surface area contributed by atoms with E-state index in [-0.39, 0.29) is 5.91 Å². The number of nitrogens with one attached hydrogen (secondary N) is 1. The first-order chi connectivity index (χ1) is 11.1. The van der Waals surface area contributed by atoms with Crippen LogP contribution >= 0.6 is 0 Å². The molecule has 23 heavy (non-hydrogen) atoms. The minimum atomic E-state index is -0.476. The van der Waals surface area contributed by atoms with Crippen LogP contribution in [0.5, 0.6) is 11.5 Å². The number of methoxy groups -OCH3 is 2. The average Bonchev–Trinajstić information content (AvgIpc) is 2.61. The summed E-state index contributed by atoms with van der Waals surface area (Å²) >= 11 is 0. The number of ether oxygens (including phenoxy) is 3. The van der Waals surface area contributed by atoms with Gasteiger partial charge in [-0.25, -0.2) is 0 Å². The number of hydrogen-bond donors (Lipinski definition) is 2. The second-order valence-electron chi connectivity index (χ2n) is 5.79. The Balaban J connectivity index is 1.90. The van der Waals surface area contributed by atoms with Crippen molar-refractivity contribution in [2.24, 2.45) is 11.1 Å². The average molecular weight is 322 g/mol. The van der Waals surface area contributed by atoms with Gasteiger partial charge < -0.3 is 25.3 Å². The molecule has 0 atom stereocenters. The van der Waals surface area contributed by atoms with E-state index in [9.17, 15) is 4.79 Å². The number of nitrogens with two attached hydrogens (primary N) is 1. The molecule has 0 aromatic heterocycles. The summed E-state index contributed by atoms with van der Waals surface area (Å²) in [5, 5.41) is 3.01. The Morgan fingerprint density at radius 2 is 1.96 bits per heavy atom. The predicted octanol–water partition coefficient (Wildman–Crippen LogP) is 1.12. The highest BCUT2D eigenvalue weighted by Gasteiger charge is 2.38. The summed E-state index contributed by atoms with van der Waals surface area (Å²) in [5.41, 5.74) is 6.45. The molecule has 1 aliphatic rings. The van der Waals surface area contributed by atoms with E-state index in [1.165, 1.54) is 0 Å². The van der Waals surface area contributed by atoms with Gasteiger partial charge in [0, 0.05) is 26.3 Å². The molecular formula is C17H26N2O4. The lowest BCUT2D eigenvalue weighted by atomic mass is 9.79. The van der Waals surface area contributed by atoms with Gasteiger partial charge in [0.15, 0.2) is 11.5 Å². The van der Waals surface area contributed by atoms with E-state index >= 15 is 0 Å². The molecule has 128 valence electrons. The first-order valence-electron chi connectivity index (χ1n) is 7.92. The Kier molecular flexibility index (Phi) is 6.24. The molecule has 0 radical (unpaired) electrons. The molecule has 3 N–H and O–H groups in total. The van der Waals surface area contributed by atoms with Crippen molar-refractivity contribution in [2.75, 3.05) is 40.5 Å². The number of carbonyl (C=O) groups excluding carboxylic acids is 1. The standard InChI is InChI=1S/C17H26N2O4/c1-21-14-4-3-13(11-15(14)22-2)5-8-19-16(20)17(12-18)6-9-23-10-7-17/h3-4,11H,5-10,12,18H2,1-2H3,(H,19,20). The van der Waals surface area contributed by atoms with Gasteiger partial charge in [-0.05, 0) is 37.0 Å². The molecule has 1 fully saturated rings. The van der Waals surface area contributed by atoms with Crippen LogP contribution in [-0.4, -0.2) is 46.4 Å². The molecule has 6 heteroatoms. The molecule has 1 amide bonds. The summed E-state index contributed by atoms with van der Waals surface area (Å²) in [5.74, 6) is 1.42. The van der Waals surface area contributed by atoms with Gasteiger partial charge in [0.25, 0.3) is 0 Å². The van der Waals surface area contributed by atoms with Crippen LogP contribution in [0.15, 0.2) is 18.2 Å². The van der Waals surface area contributed by atoms with Crippen LogP contribution < -0.4 is 20.5 Å². The summed E-state index contributed by atoms with van der Waals surface area (Å²) in [7, 11) is 3.22. The molecule has 0 saturated carbocycles. The van der Waals surface area contributed by atoms with Gasteiger partial charge in [-0.1, -0.05) is 6.07 Å². The van der Waals surface area contributed by atoms with E-state index in [0.29, 0.717) is 50.6 Å². The number of hydrogen-bond acceptors (Lipinski definition) is 5. The number of carbonyl (C=O) groups is 1. The quantitative estimate of drug-likeness (QED) is 0.786. The summed E-state index contributed by atoms with van der Waals surface area (Å²) in [6.07, 6.45) is 2.10. The third-order valence-electron chi connectivity index (χ3n) is 4.47. The Morgan fingerprint density at radius 1 is 1.26 bits per heavy atom. The minimum absolute atomic E-state index is 0.0313. The van der Waals surface area contributed by atoms with Crippen LogP contribution in [0.2, 0.25) is 0 Å². The smallest absolute Gasteiger partial charge is 0.227 e. The first kappa shape index (κ1) is 17.6. The molecule has 0 bridgehead atoms. The summed E-state index contributed by atoms with van der Waals surface area (Å²) < 4.78 is 15.8. The predicted molar refractivity (Wildman–Crippen MR) is 87.8 cm³/mol. The molecule has 6 nitrogen and oxygen atoms in total. The van der Waals surface area contributed by atoms with Crippen LogP contribution in [0.1, 0.15) is 18.4 Å². The van der Waals surface area contributed by atoms with Crippen molar-refractivity contribution in [3.63, 3.8) is 0 Å². The zero-order chi connectivity index (χ0) is 16.7. The molecule has 1 aromatic carbocycles. The SMILES string of the molecule is COc1ccc(CCNC(=O)C2(CN)CCOCC2)cc1OC. The number of benzene rings is 1. The zero-order valence-corrected chi connectivity index (χ0v) is 13.9. The first-order valence-corrected chi connectivity index (χ1v) is 7.92. The van der Waals surface area contributed by atoms with Crippen LogP contribution in [0.25, 0.3) is 0 Å². The van der Waals surface area contributed by atoms with Gasteiger partial charge in [-0.15, -0.1) is 0 Å². The maximum absolute atomic E-state index is 12.5. The zero-order valence-electron chi connectivity index (χ0n) is 13.9. The summed E-state index contributed by atoms with van der Waals surface area (Å²) in [6.45, 7) is 2.12. The highest BCUT2D eigenvalue weighted by molar-refractivity contribution is 5.83. The van der Waals surface area contributed by atoms with E-state index < -0.39 is 5.41 Å². The Morgan fingerprint density at radius 3 is 2.57 bits per heavy atom. The number of rotatable bonds is 7. The lowest BCUT2D eigenvalue weighted by Gasteiger charge is -2.34. The van der Waals surface area contributed by atoms with Gasteiger partial charge in [0.2, 0.25) is 5.91 Å². The van der Waals surface area contributed by atoms with Crippen LogP contribution in [0.3, 0.4) is 0 Å². The minimum Gasteiger partial charge on any atom is -0.493 e. The Hall–Kier alpha value is -1.79. The van der Waals surface area contributed by atoms with Crippen molar-refractivity contribution in [1.29, 1.82) is 0 Å². The molecule has 2 rings (SSSR count). The van der Waals surface area contributed by atoms with Crippen molar-refractivity contribution >= 4 is 5.91 Å². The van der Waals surface area contributed by atoms with E-state index in [0.717, 1.165) is 12.0 Å². The van der Waals surface area contributed by atoms with Gasteiger partial charge >= 0.3 is 0 Å². The van der Waals surface area contributed by atoms with E-state index in [1.54, 1.807) is 14.2 Å². The second kappa shape index (κ2) is 8.17. The fourth-order valence-corrected chi connectivity index (χ4v) is 2.83. The maximum atomic E-state index is 12.5.